The van der Waals surface area contributed by atoms with Crippen LogP contribution in [0.2, 0.25) is 5.02 Å². The zero-order valence-electron chi connectivity index (χ0n) is 8.14. The predicted molar refractivity (Wildman–Crippen MR) is 63.2 cm³/mol. The van der Waals surface area contributed by atoms with Gasteiger partial charge >= 0.3 is 0 Å². The molecule has 2 unspecified atom stereocenters. The molecular formula is C10H11ClN2OS. The van der Waals surface area contributed by atoms with Gasteiger partial charge in [0, 0.05) is 5.02 Å². The number of rotatable bonds is 2. The number of thiazole rings is 1. The van der Waals surface area contributed by atoms with E-state index in [0.29, 0.717) is 5.02 Å². The quantitative estimate of drug-likeness (QED) is 0.850. The van der Waals surface area contributed by atoms with Gasteiger partial charge in [0.15, 0.2) is 0 Å². The van der Waals surface area contributed by atoms with Crippen LogP contribution < -0.4 is 5.73 Å². The third-order valence-corrected chi connectivity index (χ3v) is 3.53. The van der Waals surface area contributed by atoms with Crippen molar-refractivity contribution >= 4 is 33.2 Å². The summed E-state index contributed by atoms with van der Waals surface area (Å²) in [5, 5.41) is 10.8. The molecule has 0 aliphatic rings. The van der Waals surface area contributed by atoms with E-state index in [4.69, 9.17) is 17.3 Å². The van der Waals surface area contributed by atoms with Crippen LogP contribution in [0.4, 0.5) is 0 Å². The van der Waals surface area contributed by atoms with Crippen molar-refractivity contribution in [3.8, 4) is 0 Å². The molecule has 0 amide bonds. The van der Waals surface area contributed by atoms with Crippen molar-refractivity contribution < 1.29 is 5.11 Å². The zero-order valence-corrected chi connectivity index (χ0v) is 9.72. The number of aromatic nitrogens is 1. The second-order valence-electron chi connectivity index (χ2n) is 3.43. The third kappa shape index (κ3) is 2.13. The smallest absolute Gasteiger partial charge is 0.113 e. The molecule has 0 spiro atoms. The van der Waals surface area contributed by atoms with Gasteiger partial charge < -0.3 is 10.8 Å². The monoisotopic (exact) mass is 242 g/mol. The number of fused-ring (bicyclic) bond motifs is 1. The number of nitrogens with two attached hydrogens (primary N) is 1. The molecule has 1 heterocycles. The molecule has 2 atom stereocenters. The lowest BCUT2D eigenvalue weighted by molar-refractivity contribution is 0.164. The highest BCUT2D eigenvalue weighted by atomic mass is 35.5. The fourth-order valence-corrected chi connectivity index (χ4v) is 2.61. The highest BCUT2D eigenvalue weighted by molar-refractivity contribution is 7.18. The van der Waals surface area contributed by atoms with Gasteiger partial charge in [-0.2, -0.15) is 0 Å². The molecule has 0 aliphatic carbocycles. The number of benzene rings is 1. The molecule has 15 heavy (non-hydrogen) atoms. The van der Waals surface area contributed by atoms with Crippen molar-refractivity contribution in [3.05, 3.63) is 28.2 Å². The topological polar surface area (TPSA) is 59.1 Å². The molecule has 3 nitrogen and oxygen atoms in total. The molecule has 0 radical (unpaired) electrons. The van der Waals surface area contributed by atoms with E-state index in [2.05, 4.69) is 4.98 Å². The Morgan fingerprint density at radius 2 is 2.27 bits per heavy atom. The van der Waals surface area contributed by atoms with Crippen LogP contribution in [0.5, 0.6) is 0 Å². The molecule has 1 aromatic heterocycles. The highest BCUT2D eigenvalue weighted by Crippen LogP contribution is 2.28. The maximum Gasteiger partial charge on any atom is 0.113 e. The summed E-state index contributed by atoms with van der Waals surface area (Å²) in [5.74, 6) is 0. The summed E-state index contributed by atoms with van der Waals surface area (Å²) in [6, 6.07) is 5.07. The molecule has 5 heteroatoms. The molecule has 0 saturated carbocycles. The second-order valence-corrected chi connectivity index (χ2v) is 4.93. The number of hydrogen-bond acceptors (Lipinski definition) is 4. The Labute approximate surface area is 96.5 Å². The van der Waals surface area contributed by atoms with Crippen LogP contribution in [0.15, 0.2) is 18.2 Å². The molecule has 1 aromatic carbocycles. The first-order chi connectivity index (χ1) is 7.08. The van der Waals surface area contributed by atoms with E-state index in [0.717, 1.165) is 15.2 Å². The van der Waals surface area contributed by atoms with Crippen LogP contribution in [-0.2, 0) is 0 Å². The highest BCUT2D eigenvalue weighted by Gasteiger charge is 2.16. The molecule has 2 aromatic rings. The second kappa shape index (κ2) is 4.06. The van der Waals surface area contributed by atoms with Crippen LogP contribution >= 0.6 is 22.9 Å². The normalized spacial score (nSPS) is 15.5. The van der Waals surface area contributed by atoms with E-state index in [1.165, 1.54) is 11.3 Å². The minimum atomic E-state index is -0.596. The van der Waals surface area contributed by atoms with Crippen molar-refractivity contribution in [1.29, 1.82) is 0 Å². The Bertz CT molecular complexity index is 483. The standard InChI is InChI=1S/C10H11ClN2OS/c1-5(14)9(12)10-13-7-3-2-6(11)4-8(7)15-10/h2-5,9,14H,12H2,1H3. The first-order valence-corrected chi connectivity index (χ1v) is 5.77. The summed E-state index contributed by atoms with van der Waals surface area (Å²) in [7, 11) is 0. The van der Waals surface area contributed by atoms with Crippen LogP contribution in [0.1, 0.15) is 18.0 Å². The van der Waals surface area contributed by atoms with E-state index < -0.39 is 12.1 Å². The SMILES string of the molecule is CC(O)C(N)c1nc2ccc(Cl)cc2s1. The lowest BCUT2D eigenvalue weighted by atomic mass is 10.2. The first-order valence-electron chi connectivity index (χ1n) is 4.57. The number of aliphatic hydroxyl groups excluding tert-OH is 1. The maximum atomic E-state index is 9.37. The molecule has 80 valence electrons. The molecular weight excluding hydrogens is 232 g/mol. The maximum absolute atomic E-state index is 9.37. The van der Waals surface area contributed by atoms with Gasteiger partial charge in [0.2, 0.25) is 0 Å². The molecule has 0 aliphatic heterocycles. The Morgan fingerprint density at radius 3 is 2.93 bits per heavy atom. The van der Waals surface area contributed by atoms with E-state index >= 15 is 0 Å². The van der Waals surface area contributed by atoms with E-state index in [1.54, 1.807) is 13.0 Å². The summed E-state index contributed by atoms with van der Waals surface area (Å²) in [4.78, 5) is 4.35. The van der Waals surface area contributed by atoms with E-state index in [-0.39, 0.29) is 0 Å². The van der Waals surface area contributed by atoms with Crippen molar-refractivity contribution in [2.24, 2.45) is 5.73 Å². The van der Waals surface area contributed by atoms with Crippen molar-refractivity contribution in [3.63, 3.8) is 0 Å². The van der Waals surface area contributed by atoms with Gasteiger partial charge in [-0.15, -0.1) is 11.3 Å². The van der Waals surface area contributed by atoms with Gasteiger partial charge in [-0.1, -0.05) is 11.6 Å². The third-order valence-electron chi connectivity index (χ3n) is 2.17. The number of hydrogen-bond donors (Lipinski definition) is 2. The summed E-state index contributed by atoms with van der Waals surface area (Å²) in [6.45, 7) is 1.66. The van der Waals surface area contributed by atoms with Gasteiger partial charge in [0.25, 0.3) is 0 Å². The summed E-state index contributed by atoms with van der Waals surface area (Å²) in [6.07, 6.45) is -0.596. The molecule has 0 saturated heterocycles. The fourth-order valence-electron chi connectivity index (χ4n) is 1.27. The molecule has 2 rings (SSSR count). The number of halogens is 1. The van der Waals surface area contributed by atoms with Gasteiger partial charge in [-0.25, -0.2) is 4.98 Å². The number of aliphatic hydroxyl groups is 1. The zero-order chi connectivity index (χ0) is 11.0. The Morgan fingerprint density at radius 1 is 1.53 bits per heavy atom. The van der Waals surface area contributed by atoms with E-state index in [9.17, 15) is 5.11 Å². The fraction of sp³-hybridized carbons (Fsp3) is 0.300. The predicted octanol–water partition coefficient (Wildman–Crippen LogP) is 2.33. The van der Waals surface area contributed by atoms with Crippen molar-refractivity contribution in [2.45, 2.75) is 19.1 Å². The Balaban J connectivity index is 2.47. The molecule has 0 bridgehead atoms. The molecule has 3 N–H and O–H groups in total. The lowest BCUT2D eigenvalue weighted by Gasteiger charge is -2.10. The Hall–Kier alpha value is -0.680. The average molecular weight is 243 g/mol. The van der Waals surface area contributed by atoms with Crippen LogP contribution in [0, 0.1) is 0 Å². The summed E-state index contributed by atoms with van der Waals surface area (Å²) >= 11 is 7.34. The van der Waals surface area contributed by atoms with Gasteiger partial charge in [0.05, 0.1) is 22.4 Å². The van der Waals surface area contributed by atoms with E-state index in [1.807, 2.05) is 12.1 Å². The van der Waals surface area contributed by atoms with Crippen LogP contribution in [-0.4, -0.2) is 16.2 Å². The molecule has 0 fully saturated rings. The van der Waals surface area contributed by atoms with Crippen LogP contribution in [0.25, 0.3) is 10.2 Å². The van der Waals surface area contributed by atoms with Crippen LogP contribution in [0.3, 0.4) is 0 Å². The first kappa shape index (κ1) is 10.8. The van der Waals surface area contributed by atoms with Crippen molar-refractivity contribution in [1.82, 2.24) is 4.98 Å². The largest absolute Gasteiger partial charge is 0.391 e. The van der Waals surface area contributed by atoms with Gasteiger partial charge in [0.1, 0.15) is 5.01 Å². The van der Waals surface area contributed by atoms with Gasteiger partial charge in [-0.05, 0) is 25.1 Å². The lowest BCUT2D eigenvalue weighted by Crippen LogP contribution is -2.22. The number of nitrogens with zero attached hydrogens (tertiary/aromatic N) is 1. The minimum absolute atomic E-state index is 0.429. The minimum Gasteiger partial charge on any atom is -0.391 e. The summed E-state index contributed by atoms with van der Waals surface area (Å²) < 4.78 is 0.994. The van der Waals surface area contributed by atoms with Gasteiger partial charge in [-0.3, -0.25) is 0 Å². The van der Waals surface area contributed by atoms with Crippen molar-refractivity contribution in [2.75, 3.05) is 0 Å². The Kier molecular flexibility index (Phi) is 2.93. The average Bonchev–Trinajstić information content (AvgIpc) is 2.58. The summed E-state index contributed by atoms with van der Waals surface area (Å²) in [5.41, 5.74) is 6.68.